The lowest BCUT2D eigenvalue weighted by molar-refractivity contribution is 0.213. The average Bonchev–Trinajstić information content (AvgIpc) is 3.01. The molecule has 2 N–H and O–H groups in total. The van der Waals surface area contributed by atoms with Gasteiger partial charge in [0.2, 0.25) is 10.0 Å². The number of halogens is 2. The Labute approximate surface area is 145 Å². The Kier molecular flexibility index (Phi) is 5.17. The first-order valence-corrected chi connectivity index (χ1v) is 9.58. The summed E-state index contributed by atoms with van der Waals surface area (Å²) >= 11 is 0. The van der Waals surface area contributed by atoms with Crippen molar-refractivity contribution in [1.82, 2.24) is 4.72 Å². The minimum Gasteiger partial charge on any atom is -0.396 e. The van der Waals surface area contributed by atoms with Gasteiger partial charge in [0, 0.05) is 24.3 Å². The summed E-state index contributed by atoms with van der Waals surface area (Å²) < 4.78 is 54.4. The van der Waals surface area contributed by atoms with E-state index >= 15 is 0 Å². The van der Waals surface area contributed by atoms with Gasteiger partial charge in [-0.25, -0.2) is 21.9 Å². The van der Waals surface area contributed by atoms with Crippen molar-refractivity contribution in [3.8, 4) is 11.1 Å². The summed E-state index contributed by atoms with van der Waals surface area (Å²) in [4.78, 5) is 0.0716. The Morgan fingerprint density at radius 2 is 1.80 bits per heavy atom. The second-order valence-corrected chi connectivity index (χ2v) is 7.96. The molecular weight excluding hydrogens is 348 g/mol. The maximum atomic E-state index is 13.8. The molecule has 2 aromatic rings. The molecule has 0 bridgehead atoms. The third-order valence-corrected chi connectivity index (χ3v) is 6.11. The number of rotatable bonds is 5. The Bertz CT molecular complexity index is 853. The van der Waals surface area contributed by atoms with Crippen molar-refractivity contribution in [3.63, 3.8) is 0 Å². The van der Waals surface area contributed by atoms with Gasteiger partial charge in [-0.3, -0.25) is 0 Å². The van der Waals surface area contributed by atoms with Crippen LogP contribution in [0.15, 0.2) is 47.4 Å². The zero-order chi connectivity index (χ0) is 18.0. The molecule has 0 aromatic heterocycles. The molecule has 1 unspecified atom stereocenters. The van der Waals surface area contributed by atoms with Gasteiger partial charge in [-0.15, -0.1) is 0 Å². The molecule has 7 heteroatoms. The molecule has 4 nitrogen and oxygen atoms in total. The van der Waals surface area contributed by atoms with Gasteiger partial charge in [0.25, 0.3) is 0 Å². The number of aliphatic hydroxyl groups excluding tert-OH is 1. The zero-order valence-electron chi connectivity index (χ0n) is 13.5. The molecule has 2 atom stereocenters. The first kappa shape index (κ1) is 18.0. The first-order chi connectivity index (χ1) is 11.9. The highest BCUT2D eigenvalue weighted by Crippen LogP contribution is 2.28. The van der Waals surface area contributed by atoms with Crippen LogP contribution in [0.25, 0.3) is 11.1 Å². The molecule has 1 saturated carbocycles. The third kappa shape index (κ3) is 3.89. The molecule has 1 fully saturated rings. The van der Waals surface area contributed by atoms with Crippen LogP contribution in [-0.2, 0) is 10.0 Å². The molecule has 1 aliphatic carbocycles. The molecule has 0 aliphatic heterocycles. The van der Waals surface area contributed by atoms with Crippen molar-refractivity contribution in [2.24, 2.45) is 5.92 Å². The highest BCUT2D eigenvalue weighted by Gasteiger charge is 2.30. The second-order valence-electron chi connectivity index (χ2n) is 6.25. The number of nitrogens with one attached hydrogen (secondary N) is 1. The summed E-state index contributed by atoms with van der Waals surface area (Å²) in [5.41, 5.74) is 0.667. The van der Waals surface area contributed by atoms with Crippen LogP contribution in [0.2, 0.25) is 0 Å². The predicted octanol–water partition coefficient (Wildman–Crippen LogP) is 3.07. The van der Waals surface area contributed by atoms with E-state index < -0.39 is 21.7 Å². The number of hydrogen-bond acceptors (Lipinski definition) is 3. The fraction of sp³-hybridized carbons (Fsp3) is 0.333. The van der Waals surface area contributed by atoms with Crippen molar-refractivity contribution in [1.29, 1.82) is 0 Å². The quantitative estimate of drug-likeness (QED) is 0.854. The third-order valence-electron chi connectivity index (χ3n) is 4.61. The van der Waals surface area contributed by atoms with Crippen LogP contribution in [0, 0.1) is 17.6 Å². The van der Waals surface area contributed by atoms with Gasteiger partial charge in [-0.2, -0.15) is 0 Å². The maximum Gasteiger partial charge on any atom is 0.240 e. The van der Waals surface area contributed by atoms with Gasteiger partial charge in [-0.05, 0) is 48.6 Å². The lowest BCUT2D eigenvalue weighted by Crippen LogP contribution is -2.38. The van der Waals surface area contributed by atoms with E-state index in [1.165, 1.54) is 30.3 Å². The topological polar surface area (TPSA) is 66.4 Å². The molecule has 3 rings (SSSR count). The van der Waals surface area contributed by atoms with Gasteiger partial charge >= 0.3 is 0 Å². The minimum atomic E-state index is -3.72. The van der Waals surface area contributed by atoms with Gasteiger partial charge in [-0.1, -0.05) is 18.6 Å². The van der Waals surface area contributed by atoms with Crippen LogP contribution in [0.5, 0.6) is 0 Å². The molecule has 0 radical (unpaired) electrons. The van der Waals surface area contributed by atoms with E-state index in [9.17, 15) is 22.3 Å². The monoisotopic (exact) mass is 367 g/mol. The summed E-state index contributed by atoms with van der Waals surface area (Å²) in [6.07, 6.45) is 2.37. The predicted molar refractivity (Wildman–Crippen MR) is 90.3 cm³/mol. The summed E-state index contributed by atoms with van der Waals surface area (Å²) in [6.45, 7) is -0.0457. The summed E-state index contributed by atoms with van der Waals surface area (Å²) in [7, 11) is -3.72. The standard InChI is InChI=1S/C18H19F2NO3S/c19-14-6-9-16(17(20)10-14)12-4-7-15(8-5-12)25(23,24)21-18-3-1-2-13(18)11-22/h4-10,13,18,21-22H,1-3,11H2/t13-,18?/m1/s1. The van der Waals surface area contributed by atoms with E-state index in [0.717, 1.165) is 25.0 Å². The number of hydrogen-bond donors (Lipinski definition) is 2. The van der Waals surface area contributed by atoms with Gasteiger partial charge < -0.3 is 5.11 Å². The van der Waals surface area contributed by atoms with Crippen molar-refractivity contribution in [2.75, 3.05) is 6.61 Å². The van der Waals surface area contributed by atoms with Gasteiger partial charge in [0.15, 0.2) is 0 Å². The minimum absolute atomic E-state index is 0.0457. The van der Waals surface area contributed by atoms with E-state index in [0.29, 0.717) is 12.0 Å². The number of benzene rings is 2. The van der Waals surface area contributed by atoms with E-state index in [1.807, 2.05) is 0 Å². The second kappa shape index (κ2) is 7.19. The Balaban J connectivity index is 1.81. The number of sulfonamides is 1. The fourth-order valence-corrected chi connectivity index (χ4v) is 4.55. The van der Waals surface area contributed by atoms with Gasteiger partial charge in [0.1, 0.15) is 11.6 Å². The van der Waals surface area contributed by atoms with Crippen LogP contribution >= 0.6 is 0 Å². The average molecular weight is 367 g/mol. The SMILES string of the molecule is O=S(=O)(NC1CCC[C@@H]1CO)c1ccc(-c2ccc(F)cc2F)cc1. The summed E-state index contributed by atoms with van der Waals surface area (Å²) in [5, 5.41) is 9.31. The molecular formula is C18H19F2NO3S. The van der Waals surface area contributed by atoms with Gasteiger partial charge in [0.05, 0.1) is 4.90 Å². The smallest absolute Gasteiger partial charge is 0.240 e. The van der Waals surface area contributed by atoms with E-state index in [4.69, 9.17) is 0 Å². The molecule has 0 spiro atoms. The van der Waals surface area contributed by atoms with E-state index in [2.05, 4.69) is 4.72 Å². The lowest BCUT2D eigenvalue weighted by Gasteiger charge is -2.19. The van der Waals surface area contributed by atoms with Crippen LogP contribution in [0.3, 0.4) is 0 Å². The first-order valence-electron chi connectivity index (χ1n) is 8.09. The fourth-order valence-electron chi connectivity index (χ4n) is 3.22. The van der Waals surface area contributed by atoms with E-state index in [1.54, 1.807) is 0 Å². The summed E-state index contributed by atoms with van der Waals surface area (Å²) in [5.74, 6) is -1.44. The highest BCUT2D eigenvalue weighted by molar-refractivity contribution is 7.89. The lowest BCUT2D eigenvalue weighted by atomic mass is 10.1. The normalized spacial score (nSPS) is 20.8. The Morgan fingerprint density at radius 1 is 1.08 bits per heavy atom. The Hall–Kier alpha value is -1.83. The molecule has 2 aromatic carbocycles. The molecule has 0 heterocycles. The van der Waals surface area contributed by atoms with Crippen molar-refractivity contribution < 1.29 is 22.3 Å². The zero-order valence-corrected chi connectivity index (χ0v) is 14.3. The van der Waals surface area contributed by atoms with Crippen molar-refractivity contribution >= 4 is 10.0 Å². The number of aliphatic hydroxyl groups is 1. The summed E-state index contributed by atoms with van der Waals surface area (Å²) in [6, 6.07) is 8.75. The largest absolute Gasteiger partial charge is 0.396 e. The van der Waals surface area contributed by atoms with Crippen molar-refractivity contribution in [2.45, 2.75) is 30.2 Å². The maximum absolute atomic E-state index is 13.8. The van der Waals surface area contributed by atoms with Crippen LogP contribution in [0.4, 0.5) is 8.78 Å². The molecule has 0 amide bonds. The van der Waals surface area contributed by atoms with Crippen LogP contribution in [0.1, 0.15) is 19.3 Å². The molecule has 1 aliphatic rings. The molecule has 25 heavy (non-hydrogen) atoms. The van der Waals surface area contributed by atoms with E-state index in [-0.39, 0.29) is 29.0 Å². The molecule has 134 valence electrons. The molecule has 0 saturated heterocycles. The Morgan fingerprint density at radius 3 is 2.44 bits per heavy atom. The van der Waals surface area contributed by atoms with Crippen LogP contribution in [-0.4, -0.2) is 26.2 Å². The van der Waals surface area contributed by atoms with Crippen molar-refractivity contribution in [3.05, 3.63) is 54.1 Å². The highest BCUT2D eigenvalue weighted by atomic mass is 32.2. The van der Waals surface area contributed by atoms with Crippen LogP contribution < -0.4 is 4.72 Å².